The van der Waals surface area contributed by atoms with Crippen LogP contribution >= 0.6 is 22.9 Å². The molecule has 5 nitrogen and oxygen atoms in total. The lowest BCUT2D eigenvalue weighted by Crippen LogP contribution is -3.10. The molecule has 1 aromatic heterocycles. The Kier molecular flexibility index (Phi) is 4.26. The van der Waals surface area contributed by atoms with E-state index < -0.39 is 11.7 Å². The van der Waals surface area contributed by atoms with Crippen molar-refractivity contribution in [3.05, 3.63) is 58.1 Å². The maximum atomic E-state index is 12.4. The van der Waals surface area contributed by atoms with E-state index in [9.17, 15) is 9.59 Å². The molecule has 7 heteroatoms. The highest BCUT2D eigenvalue weighted by molar-refractivity contribution is 7.18. The van der Waals surface area contributed by atoms with Crippen molar-refractivity contribution in [3.8, 4) is 0 Å². The second-order valence-corrected chi connectivity index (χ2v) is 7.97. The molecular formula is C19H17ClN3O2S+. The van der Waals surface area contributed by atoms with E-state index in [4.69, 9.17) is 16.6 Å². The molecule has 3 aromatic rings. The monoisotopic (exact) mass is 386 g/mol. The average molecular weight is 387 g/mol. The Labute approximate surface area is 159 Å². The number of Topliss-reactive ketones (excluding diaryl/α,β-unsaturated/α-hetero) is 1. The van der Waals surface area contributed by atoms with Gasteiger partial charge in [-0.15, -0.1) is 11.3 Å². The van der Waals surface area contributed by atoms with E-state index in [1.807, 2.05) is 25.2 Å². The smallest absolute Gasteiger partial charge is 0.303 e. The number of para-hydroxylation sites is 1. The third-order valence-electron chi connectivity index (χ3n) is 4.76. The van der Waals surface area contributed by atoms with Crippen LogP contribution in [-0.2, 0) is 4.79 Å². The second-order valence-electron chi connectivity index (χ2n) is 6.47. The van der Waals surface area contributed by atoms with Gasteiger partial charge in [0.1, 0.15) is 6.04 Å². The Balaban J connectivity index is 1.59. The summed E-state index contributed by atoms with van der Waals surface area (Å²) in [6, 6.07) is 13.1. The van der Waals surface area contributed by atoms with Crippen molar-refractivity contribution < 1.29 is 14.5 Å². The summed E-state index contributed by atoms with van der Waals surface area (Å²) in [7, 11) is 2.00. The average Bonchev–Trinajstić information content (AvgIpc) is 3.16. The van der Waals surface area contributed by atoms with E-state index in [-0.39, 0.29) is 6.04 Å². The topological polar surface area (TPSA) is 54.7 Å². The molecule has 26 heavy (non-hydrogen) atoms. The molecule has 2 atom stereocenters. The lowest BCUT2D eigenvalue weighted by Gasteiger charge is -2.25. The number of rotatable bonds is 4. The van der Waals surface area contributed by atoms with Crippen LogP contribution in [0.2, 0.25) is 5.02 Å². The number of thiazole rings is 1. The molecule has 1 unspecified atom stereocenters. The van der Waals surface area contributed by atoms with Crippen LogP contribution in [0, 0.1) is 0 Å². The van der Waals surface area contributed by atoms with E-state index in [2.05, 4.69) is 13.0 Å². The van der Waals surface area contributed by atoms with Crippen molar-refractivity contribution in [2.45, 2.75) is 13.0 Å². The molecule has 0 radical (unpaired) electrons. The number of benzene rings is 2. The first kappa shape index (κ1) is 17.1. The number of hydrogen-bond donors (Lipinski definition) is 1. The molecular weight excluding hydrogens is 370 g/mol. The van der Waals surface area contributed by atoms with Gasteiger partial charge in [-0.05, 0) is 37.3 Å². The highest BCUT2D eigenvalue weighted by atomic mass is 35.5. The first-order chi connectivity index (χ1) is 12.5. The van der Waals surface area contributed by atoms with Gasteiger partial charge < -0.3 is 4.90 Å². The minimum absolute atomic E-state index is 0.0895. The summed E-state index contributed by atoms with van der Waals surface area (Å²) >= 11 is 7.63. The zero-order valence-electron chi connectivity index (χ0n) is 14.3. The van der Waals surface area contributed by atoms with Crippen LogP contribution in [0.15, 0.2) is 42.5 Å². The molecule has 0 bridgehead atoms. The fourth-order valence-corrected chi connectivity index (χ4v) is 4.39. The van der Waals surface area contributed by atoms with Gasteiger partial charge in [0.25, 0.3) is 5.78 Å². The summed E-state index contributed by atoms with van der Waals surface area (Å²) < 4.78 is 1.15. The Morgan fingerprint density at radius 1 is 1.23 bits per heavy atom. The van der Waals surface area contributed by atoms with Crippen LogP contribution in [0.3, 0.4) is 0 Å². The first-order valence-corrected chi connectivity index (χ1v) is 9.48. The molecule has 0 saturated carbocycles. The van der Waals surface area contributed by atoms with E-state index in [1.54, 1.807) is 29.5 Å². The number of fused-ring (bicyclic) bond motifs is 2. The van der Waals surface area contributed by atoms with Gasteiger partial charge in [0, 0.05) is 5.02 Å². The third-order valence-corrected chi connectivity index (χ3v) is 6.22. The van der Waals surface area contributed by atoms with Crippen molar-refractivity contribution in [2.75, 3.05) is 18.6 Å². The maximum absolute atomic E-state index is 12.4. The number of amides is 1. The first-order valence-electron chi connectivity index (χ1n) is 8.29. The normalized spacial score (nSPS) is 16.2. The van der Waals surface area contributed by atoms with Crippen molar-refractivity contribution in [1.82, 2.24) is 4.98 Å². The van der Waals surface area contributed by atoms with E-state index in [0.29, 0.717) is 22.9 Å². The Morgan fingerprint density at radius 2 is 2.00 bits per heavy atom. The highest BCUT2D eigenvalue weighted by Crippen LogP contribution is 2.30. The molecule has 1 aliphatic heterocycles. The van der Waals surface area contributed by atoms with Crippen molar-refractivity contribution in [2.24, 2.45) is 0 Å². The molecule has 2 aromatic carbocycles. The summed E-state index contributed by atoms with van der Waals surface area (Å²) in [5, 5.41) is 1.47. The second kappa shape index (κ2) is 6.46. The van der Waals surface area contributed by atoms with Crippen molar-refractivity contribution in [1.29, 1.82) is 0 Å². The zero-order valence-corrected chi connectivity index (χ0v) is 15.9. The largest absolute Gasteiger partial charge is 0.312 e. The van der Waals surface area contributed by atoms with Gasteiger partial charge >= 0.3 is 5.91 Å². The SMILES string of the molecule is C[C@H](c1nc2ccccc2s1)[NH+](C)CN1C(=O)C(=O)c2cc(Cl)ccc21. The molecule has 132 valence electrons. The lowest BCUT2D eigenvalue weighted by atomic mass is 10.1. The summed E-state index contributed by atoms with van der Waals surface area (Å²) in [6.45, 7) is 2.47. The quantitative estimate of drug-likeness (QED) is 0.701. The fourth-order valence-electron chi connectivity index (χ4n) is 3.10. The number of halogens is 1. The minimum atomic E-state index is -0.502. The Bertz CT molecular complexity index is 1000. The molecule has 0 aliphatic carbocycles. The van der Waals surface area contributed by atoms with Gasteiger partial charge in [0.2, 0.25) is 0 Å². The van der Waals surface area contributed by atoms with Gasteiger partial charge in [-0.1, -0.05) is 23.7 Å². The van der Waals surface area contributed by atoms with E-state index >= 15 is 0 Å². The molecule has 1 aliphatic rings. The molecule has 1 N–H and O–H groups in total. The predicted molar refractivity (Wildman–Crippen MR) is 103 cm³/mol. The van der Waals surface area contributed by atoms with Crippen molar-refractivity contribution >= 4 is 50.5 Å². The van der Waals surface area contributed by atoms with E-state index in [0.717, 1.165) is 20.1 Å². The van der Waals surface area contributed by atoms with Gasteiger partial charge in [-0.3, -0.25) is 14.5 Å². The molecule has 1 amide bonds. The third kappa shape index (κ3) is 2.80. The Morgan fingerprint density at radius 3 is 2.77 bits per heavy atom. The molecule has 0 spiro atoms. The Hall–Kier alpha value is -2.28. The number of nitrogens with one attached hydrogen (secondary N) is 1. The summed E-state index contributed by atoms with van der Waals surface area (Å²) in [6.07, 6.45) is 0. The van der Waals surface area contributed by atoms with Crippen LogP contribution in [0.1, 0.15) is 28.3 Å². The van der Waals surface area contributed by atoms with Crippen LogP contribution in [0.5, 0.6) is 0 Å². The summed E-state index contributed by atoms with van der Waals surface area (Å²) in [5.41, 5.74) is 1.99. The van der Waals surface area contributed by atoms with Gasteiger partial charge in [0.05, 0.1) is 28.5 Å². The van der Waals surface area contributed by atoms with Gasteiger partial charge in [0.15, 0.2) is 11.7 Å². The number of quaternary nitrogens is 1. The number of ketones is 1. The minimum Gasteiger partial charge on any atom is -0.312 e. The van der Waals surface area contributed by atoms with Crippen molar-refractivity contribution in [3.63, 3.8) is 0 Å². The molecule has 2 heterocycles. The van der Waals surface area contributed by atoms with Crippen LogP contribution in [0.4, 0.5) is 5.69 Å². The summed E-state index contributed by atoms with van der Waals surface area (Å²) in [5.74, 6) is -0.999. The lowest BCUT2D eigenvalue weighted by molar-refractivity contribution is -0.908. The van der Waals surface area contributed by atoms with Gasteiger partial charge in [-0.2, -0.15) is 0 Å². The summed E-state index contributed by atoms with van der Waals surface area (Å²) in [4.78, 5) is 32.0. The standard InChI is InChI=1S/C19H16ClN3O2S/c1-11(18-21-14-5-3-4-6-16(14)26-18)22(2)10-23-15-8-7-12(20)9-13(15)17(24)19(23)25/h3-9,11H,10H2,1-2H3/p+1/t11-/m1/s1. The number of anilines is 1. The molecule has 0 saturated heterocycles. The number of aromatic nitrogens is 1. The van der Waals surface area contributed by atoms with Crippen LogP contribution in [0.25, 0.3) is 10.2 Å². The predicted octanol–water partition coefficient (Wildman–Crippen LogP) is 2.71. The highest BCUT2D eigenvalue weighted by Gasteiger charge is 2.38. The number of hydrogen-bond acceptors (Lipinski definition) is 4. The maximum Gasteiger partial charge on any atom is 0.303 e. The number of carbonyl (C=O) groups is 2. The van der Waals surface area contributed by atoms with Crippen LogP contribution < -0.4 is 9.80 Å². The zero-order chi connectivity index (χ0) is 18.4. The van der Waals surface area contributed by atoms with E-state index in [1.165, 1.54) is 4.90 Å². The fraction of sp³-hybridized carbons (Fsp3) is 0.211. The van der Waals surface area contributed by atoms with Crippen LogP contribution in [-0.4, -0.2) is 30.4 Å². The molecule has 0 fully saturated rings. The number of nitrogens with zero attached hydrogens (tertiary/aromatic N) is 2. The molecule has 4 rings (SSSR count). The van der Waals surface area contributed by atoms with Gasteiger partial charge in [-0.25, -0.2) is 4.98 Å². The number of carbonyl (C=O) groups excluding carboxylic acids is 2.